The number of halogens is 2. The number of nitrogens with zero attached hydrogens (tertiary/aromatic N) is 3. The van der Waals surface area contributed by atoms with Crippen molar-refractivity contribution in [2.75, 3.05) is 0 Å². The number of rotatable bonds is 2. The largest absolute Gasteiger partial charge is 0.324 e. The molecule has 0 spiro atoms. The van der Waals surface area contributed by atoms with Gasteiger partial charge in [0.05, 0.1) is 21.1 Å². The Morgan fingerprint density at radius 3 is 2.32 bits per heavy atom. The summed E-state index contributed by atoms with van der Waals surface area (Å²) in [5.74, 6) is 0.111. The smallest absolute Gasteiger partial charge is 0.197 e. The molecule has 0 aliphatic heterocycles. The van der Waals surface area contributed by atoms with Crippen LogP contribution in [0.15, 0.2) is 35.3 Å². The molecule has 3 heterocycles. The number of thiazole rings is 1. The Balaban J connectivity index is 1.57. The maximum absolute atomic E-state index is 12.7. The van der Waals surface area contributed by atoms with E-state index in [9.17, 15) is 9.59 Å². The lowest BCUT2D eigenvalue weighted by atomic mass is 10.1. The summed E-state index contributed by atoms with van der Waals surface area (Å²) in [7, 11) is 1.92. The van der Waals surface area contributed by atoms with E-state index in [1.54, 1.807) is 12.3 Å². The van der Waals surface area contributed by atoms with Gasteiger partial charge in [-0.1, -0.05) is 23.2 Å². The van der Waals surface area contributed by atoms with Gasteiger partial charge in [-0.05, 0) is 24.3 Å². The average molecular weight is 446 g/mol. The molecule has 0 saturated carbocycles. The minimum Gasteiger partial charge on any atom is -0.324 e. The van der Waals surface area contributed by atoms with E-state index in [-0.39, 0.29) is 38.3 Å². The number of hydrogen-bond acceptors (Lipinski definition) is 6. The molecular weight excluding hydrogens is 437 g/mol. The summed E-state index contributed by atoms with van der Waals surface area (Å²) in [6.07, 6.45) is 3.36. The van der Waals surface area contributed by atoms with Crippen molar-refractivity contribution in [1.82, 2.24) is 14.5 Å². The van der Waals surface area contributed by atoms with E-state index in [0.717, 1.165) is 26.1 Å². The van der Waals surface area contributed by atoms with Crippen LogP contribution in [-0.2, 0) is 7.05 Å². The number of hydrogen-bond donors (Lipinski definition) is 0. The number of Topliss-reactive ketones (excluding diaryl/α,β-unsaturated/α-hetero) is 2. The van der Waals surface area contributed by atoms with Crippen molar-refractivity contribution in [3.8, 4) is 10.8 Å². The third-order valence-electron chi connectivity index (χ3n) is 4.55. The van der Waals surface area contributed by atoms with Crippen LogP contribution < -0.4 is 0 Å². The first-order valence-electron chi connectivity index (χ1n) is 8.10. The van der Waals surface area contributed by atoms with Crippen LogP contribution in [0, 0.1) is 0 Å². The van der Waals surface area contributed by atoms with Gasteiger partial charge in [0, 0.05) is 34.6 Å². The van der Waals surface area contributed by atoms with Gasteiger partial charge in [-0.3, -0.25) is 9.59 Å². The number of thiophene rings is 1. The van der Waals surface area contributed by atoms with E-state index in [1.165, 1.54) is 34.8 Å². The molecule has 0 amide bonds. The first kappa shape index (κ1) is 17.8. The molecule has 4 aromatic rings. The Morgan fingerprint density at radius 1 is 1.07 bits per heavy atom. The molecule has 5 nitrogen and oxygen atoms in total. The molecule has 1 aliphatic carbocycles. The highest BCUT2D eigenvalue weighted by Crippen LogP contribution is 2.36. The van der Waals surface area contributed by atoms with E-state index in [4.69, 9.17) is 23.2 Å². The molecular formula is C19H9Cl2N3O2S2. The van der Waals surface area contributed by atoms with Crippen LogP contribution in [0.3, 0.4) is 0 Å². The van der Waals surface area contributed by atoms with Crippen LogP contribution in [0.4, 0.5) is 0 Å². The molecule has 0 unspecified atom stereocenters. The molecule has 9 heteroatoms. The van der Waals surface area contributed by atoms with Crippen molar-refractivity contribution in [3.63, 3.8) is 0 Å². The summed E-state index contributed by atoms with van der Waals surface area (Å²) in [6.45, 7) is 0. The van der Waals surface area contributed by atoms with E-state index in [2.05, 4.69) is 9.97 Å². The van der Waals surface area contributed by atoms with Crippen LogP contribution in [-0.4, -0.2) is 26.1 Å². The minimum atomic E-state index is -0.340. The second kappa shape index (κ2) is 6.35. The number of carbonyl (C=O) groups is 2. The van der Waals surface area contributed by atoms with Crippen LogP contribution >= 0.6 is 45.9 Å². The fourth-order valence-corrected chi connectivity index (χ4v) is 5.17. The van der Waals surface area contributed by atoms with Gasteiger partial charge in [-0.15, -0.1) is 22.7 Å². The lowest BCUT2D eigenvalue weighted by Gasteiger charge is -1.98. The summed E-state index contributed by atoms with van der Waals surface area (Å²) in [4.78, 5) is 35.9. The summed E-state index contributed by atoms with van der Waals surface area (Å²) >= 11 is 14.9. The highest BCUT2D eigenvalue weighted by Gasteiger charge is 2.34. The molecule has 28 heavy (non-hydrogen) atoms. The molecule has 1 aliphatic rings. The van der Waals surface area contributed by atoms with Gasteiger partial charge >= 0.3 is 0 Å². The van der Waals surface area contributed by atoms with Crippen LogP contribution in [0.1, 0.15) is 25.6 Å². The highest BCUT2D eigenvalue weighted by molar-refractivity contribution is 7.19. The van der Waals surface area contributed by atoms with E-state index < -0.39 is 0 Å². The quantitative estimate of drug-likeness (QED) is 0.300. The topological polar surface area (TPSA) is 64.8 Å². The Hall–Kier alpha value is -2.32. The molecule has 1 aromatic carbocycles. The summed E-state index contributed by atoms with van der Waals surface area (Å²) < 4.78 is 1.96. The predicted octanol–water partition coefficient (Wildman–Crippen LogP) is 5.53. The molecule has 138 valence electrons. The molecule has 5 rings (SSSR count). The number of allylic oxidation sites excluding steroid dienone is 1. The van der Waals surface area contributed by atoms with Crippen LogP contribution in [0.25, 0.3) is 27.3 Å². The van der Waals surface area contributed by atoms with Gasteiger partial charge < -0.3 is 4.57 Å². The summed E-state index contributed by atoms with van der Waals surface area (Å²) in [5, 5.41) is 3.25. The average Bonchev–Trinajstić information content (AvgIpc) is 3.41. The molecule has 0 N–H and O–H groups in total. The van der Waals surface area contributed by atoms with Crippen molar-refractivity contribution in [3.05, 3.63) is 61.4 Å². The van der Waals surface area contributed by atoms with Crippen molar-refractivity contribution >= 4 is 73.9 Å². The number of fused-ring (bicyclic) bond motifs is 2. The first-order chi connectivity index (χ1) is 13.4. The molecule has 0 fully saturated rings. The molecule has 3 aromatic heterocycles. The second-order valence-electron chi connectivity index (χ2n) is 6.20. The fourth-order valence-electron chi connectivity index (χ4n) is 3.18. The second-order valence-corrected chi connectivity index (χ2v) is 8.97. The molecule has 0 bridgehead atoms. The monoisotopic (exact) mass is 445 g/mol. The maximum Gasteiger partial charge on any atom is 0.197 e. The lowest BCUT2D eigenvalue weighted by molar-refractivity contribution is 0.0990. The third-order valence-corrected chi connectivity index (χ3v) is 7.00. The Morgan fingerprint density at radius 2 is 1.75 bits per heavy atom. The van der Waals surface area contributed by atoms with Gasteiger partial charge in [-0.25, -0.2) is 9.97 Å². The van der Waals surface area contributed by atoms with Crippen molar-refractivity contribution in [1.29, 1.82) is 0 Å². The Labute approximate surface area is 176 Å². The SMILES string of the molecule is Cn1c(-c2nccs2)nc2sc(C=C3C(=O)c4cc(Cl)c(Cl)cc4C3=O)cc21. The van der Waals surface area contributed by atoms with Gasteiger partial charge in [0.15, 0.2) is 22.4 Å². The molecule has 0 atom stereocenters. The summed E-state index contributed by atoms with van der Waals surface area (Å²) in [6, 6.07) is 4.82. The molecule has 0 saturated heterocycles. The Bertz CT molecular complexity index is 1290. The Kier molecular flexibility index (Phi) is 4.03. The number of imidazole rings is 1. The lowest BCUT2D eigenvalue weighted by Crippen LogP contribution is -1.99. The van der Waals surface area contributed by atoms with Crippen molar-refractivity contribution in [2.24, 2.45) is 7.05 Å². The highest BCUT2D eigenvalue weighted by atomic mass is 35.5. The zero-order valence-electron chi connectivity index (χ0n) is 14.2. The zero-order valence-corrected chi connectivity index (χ0v) is 17.3. The number of aromatic nitrogens is 3. The van der Waals surface area contributed by atoms with Gasteiger partial charge in [-0.2, -0.15) is 0 Å². The number of aryl methyl sites for hydroxylation is 1. The standard InChI is InChI=1S/C19H9Cl2N3O2S2/c1-24-14-5-8(28-18(14)23-17(24)19-22-2-3-27-19)4-11-15(25)9-6-12(20)13(21)7-10(9)16(11)26/h2-7H,1H3. The normalized spacial score (nSPS) is 13.6. The number of ketones is 2. The van der Waals surface area contributed by atoms with Crippen molar-refractivity contribution in [2.45, 2.75) is 0 Å². The van der Waals surface area contributed by atoms with E-state index in [1.807, 2.05) is 23.1 Å². The van der Waals surface area contributed by atoms with E-state index >= 15 is 0 Å². The van der Waals surface area contributed by atoms with Gasteiger partial charge in [0.2, 0.25) is 0 Å². The van der Waals surface area contributed by atoms with Crippen LogP contribution in [0.2, 0.25) is 10.0 Å². The maximum atomic E-state index is 12.7. The van der Waals surface area contributed by atoms with Gasteiger partial charge in [0.25, 0.3) is 0 Å². The van der Waals surface area contributed by atoms with Crippen LogP contribution in [0.5, 0.6) is 0 Å². The third kappa shape index (κ3) is 2.58. The predicted molar refractivity (Wildman–Crippen MR) is 113 cm³/mol. The van der Waals surface area contributed by atoms with Crippen molar-refractivity contribution < 1.29 is 9.59 Å². The fraction of sp³-hybridized carbons (Fsp3) is 0.0526. The minimum absolute atomic E-state index is 0.111. The molecule has 0 radical (unpaired) electrons. The number of benzene rings is 1. The first-order valence-corrected chi connectivity index (χ1v) is 10.6. The summed E-state index contributed by atoms with van der Waals surface area (Å²) in [5.41, 5.74) is 1.61. The zero-order chi connectivity index (χ0) is 19.6. The van der Waals surface area contributed by atoms with E-state index in [0.29, 0.717) is 0 Å². The van der Waals surface area contributed by atoms with Gasteiger partial charge in [0.1, 0.15) is 4.83 Å². The number of carbonyl (C=O) groups excluding carboxylic acids is 2.